The van der Waals surface area contributed by atoms with E-state index in [1.165, 1.54) is 15.8 Å². The van der Waals surface area contributed by atoms with E-state index in [4.69, 9.17) is 0 Å². The maximum atomic E-state index is 3.49. The summed E-state index contributed by atoms with van der Waals surface area (Å²) in [7, 11) is 2.03. The third kappa shape index (κ3) is 2.79. The van der Waals surface area contributed by atoms with Crippen molar-refractivity contribution >= 4 is 27.3 Å². The van der Waals surface area contributed by atoms with Crippen molar-refractivity contribution in [2.75, 3.05) is 7.05 Å². The molecule has 74 valence electrons. The standard InChI is InChI=1S/C10H16BrNS/c1-4-7(2)10(12-3)8-5-9(11)13-6-8/h5-7,10,12H,4H2,1-3H3. The first-order valence-electron chi connectivity index (χ1n) is 4.60. The van der Waals surface area contributed by atoms with Crippen LogP contribution in [0.4, 0.5) is 0 Å². The smallest absolute Gasteiger partial charge is 0.0701 e. The summed E-state index contributed by atoms with van der Waals surface area (Å²) in [6.45, 7) is 4.52. The molecule has 0 aliphatic carbocycles. The van der Waals surface area contributed by atoms with Crippen LogP contribution in [0.3, 0.4) is 0 Å². The molecule has 0 aliphatic rings. The molecule has 2 atom stereocenters. The van der Waals surface area contributed by atoms with Crippen molar-refractivity contribution in [1.29, 1.82) is 0 Å². The fourth-order valence-corrected chi connectivity index (χ4v) is 2.71. The minimum absolute atomic E-state index is 0.493. The van der Waals surface area contributed by atoms with Gasteiger partial charge in [-0.2, -0.15) is 0 Å². The summed E-state index contributed by atoms with van der Waals surface area (Å²) in [5, 5.41) is 5.59. The molecular weight excluding hydrogens is 246 g/mol. The molecule has 0 fully saturated rings. The van der Waals surface area contributed by atoms with Gasteiger partial charge in [-0.3, -0.25) is 0 Å². The molecule has 1 heterocycles. The number of hydrogen-bond acceptors (Lipinski definition) is 2. The van der Waals surface area contributed by atoms with Crippen LogP contribution in [-0.2, 0) is 0 Å². The minimum atomic E-state index is 0.493. The zero-order chi connectivity index (χ0) is 9.84. The van der Waals surface area contributed by atoms with Crippen molar-refractivity contribution in [1.82, 2.24) is 5.32 Å². The van der Waals surface area contributed by atoms with E-state index in [9.17, 15) is 0 Å². The Kier molecular flexibility index (Phi) is 4.42. The Bertz CT molecular complexity index is 259. The fourth-order valence-electron chi connectivity index (χ4n) is 1.50. The number of rotatable bonds is 4. The third-order valence-electron chi connectivity index (χ3n) is 2.47. The van der Waals surface area contributed by atoms with Crippen LogP contribution in [0.5, 0.6) is 0 Å². The van der Waals surface area contributed by atoms with Gasteiger partial charge < -0.3 is 5.32 Å². The van der Waals surface area contributed by atoms with Gasteiger partial charge in [-0.1, -0.05) is 20.3 Å². The first kappa shape index (κ1) is 11.2. The van der Waals surface area contributed by atoms with Crippen LogP contribution >= 0.6 is 27.3 Å². The van der Waals surface area contributed by atoms with Crippen molar-refractivity contribution in [3.63, 3.8) is 0 Å². The molecule has 0 aliphatic heterocycles. The van der Waals surface area contributed by atoms with Gasteiger partial charge in [-0.25, -0.2) is 0 Å². The Morgan fingerprint density at radius 1 is 1.62 bits per heavy atom. The largest absolute Gasteiger partial charge is 0.313 e. The van der Waals surface area contributed by atoms with E-state index in [1.54, 1.807) is 11.3 Å². The van der Waals surface area contributed by atoms with Gasteiger partial charge in [-0.15, -0.1) is 11.3 Å². The maximum absolute atomic E-state index is 3.49. The van der Waals surface area contributed by atoms with Gasteiger partial charge in [0.1, 0.15) is 0 Å². The summed E-state index contributed by atoms with van der Waals surface area (Å²) in [6, 6.07) is 2.70. The molecule has 13 heavy (non-hydrogen) atoms. The molecule has 1 aromatic heterocycles. The lowest BCUT2D eigenvalue weighted by atomic mass is 9.95. The molecule has 1 rings (SSSR count). The Morgan fingerprint density at radius 2 is 2.31 bits per heavy atom. The van der Waals surface area contributed by atoms with E-state index in [1.807, 2.05) is 7.05 Å². The second-order valence-electron chi connectivity index (χ2n) is 3.34. The molecule has 0 spiro atoms. The monoisotopic (exact) mass is 261 g/mol. The molecule has 0 aromatic carbocycles. The van der Waals surface area contributed by atoms with Crippen LogP contribution in [0.1, 0.15) is 31.9 Å². The minimum Gasteiger partial charge on any atom is -0.313 e. The van der Waals surface area contributed by atoms with Crippen LogP contribution in [0.2, 0.25) is 0 Å². The first-order chi connectivity index (χ1) is 6.19. The van der Waals surface area contributed by atoms with E-state index in [0.717, 1.165) is 0 Å². The first-order valence-corrected chi connectivity index (χ1v) is 6.27. The van der Waals surface area contributed by atoms with Gasteiger partial charge in [0, 0.05) is 6.04 Å². The van der Waals surface area contributed by atoms with Crippen molar-refractivity contribution in [3.8, 4) is 0 Å². The summed E-state index contributed by atoms with van der Waals surface area (Å²) in [5.41, 5.74) is 1.40. The van der Waals surface area contributed by atoms with Crippen molar-refractivity contribution in [2.24, 2.45) is 5.92 Å². The van der Waals surface area contributed by atoms with Crippen LogP contribution in [0, 0.1) is 5.92 Å². The van der Waals surface area contributed by atoms with Gasteiger partial charge in [0.15, 0.2) is 0 Å². The Hall–Kier alpha value is 0.140. The normalized spacial score (nSPS) is 15.7. The Morgan fingerprint density at radius 3 is 2.69 bits per heavy atom. The lowest BCUT2D eigenvalue weighted by molar-refractivity contribution is 0.401. The molecule has 3 heteroatoms. The highest BCUT2D eigenvalue weighted by molar-refractivity contribution is 9.11. The van der Waals surface area contributed by atoms with Gasteiger partial charge >= 0.3 is 0 Å². The number of nitrogens with one attached hydrogen (secondary N) is 1. The number of hydrogen-bond donors (Lipinski definition) is 1. The fraction of sp³-hybridized carbons (Fsp3) is 0.600. The third-order valence-corrected chi connectivity index (χ3v) is 3.99. The average Bonchev–Trinajstić information content (AvgIpc) is 2.53. The van der Waals surface area contributed by atoms with Gasteiger partial charge in [0.2, 0.25) is 0 Å². The predicted molar refractivity (Wildman–Crippen MR) is 63.3 cm³/mol. The zero-order valence-electron chi connectivity index (χ0n) is 8.30. The molecule has 0 amide bonds. The Balaban J connectivity index is 2.77. The molecule has 1 N–H and O–H groups in total. The van der Waals surface area contributed by atoms with Crippen molar-refractivity contribution < 1.29 is 0 Å². The molecule has 0 saturated carbocycles. The number of halogens is 1. The van der Waals surface area contributed by atoms with Gasteiger partial charge in [0.05, 0.1) is 3.79 Å². The van der Waals surface area contributed by atoms with E-state index in [2.05, 4.69) is 46.5 Å². The zero-order valence-corrected chi connectivity index (χ0v) is 10.7. The van der Waals surface area contributed by atoms with Crippen molar-refractivity contribution in [3.05, 3.63) is 20.8 Å². The summed E-state index contributed by atoms with van der Waals surface area (Å²) in [4.78, 5) is 0. The Labute approximate surface area is 92.7 Å². The van der Waals surface area contributed by atoms with E-state index in [-0.39, 0.29) is 0 Å². The lowest BCUT2D eigenvalue weighted by Crippen LogP contribution is -2.22. The molecule has 2 unspecified atom stereocenters. The summed E-state index contributed by atoms with van der Waals surface area (Å²) in [6.07, 6.45) is 1.21. The highest BCUT2D eigenvalue weighted by Gasteiger charge is 2.16. The highest BCUT2D eigenvalue weighted by atomic mass is 79.9. The topological polar surface area (TPSA) is 12.0 Å². The van der Waals surface area contributed by atoms with Gasteiger partial charge in [-0.05, 0) is 45.9 Å². The molecule has 0 bridgehead atoms. The van der Waals surface area contributed by atoms with Gasteiger partial charge in [0.25, 0.3) is 0 Å². The average molecular weight is 262 g/mol. The summed E-state index contributed by atoms with van der Waals surface area (Å²) < 4.78 is 1.21. The van der Waals surface area contributed by atoms with Crippen molar-refractivity contribution in [2.45, 2.75) is 26.3 Å². The summed E-state index contributed by atoms with van der Waals surface area (Å²) in [5.74, 6) is 0.687. The maximum Gasteiger partial charge on any atom is 0.0701 e. The van der Waals surface area contributed by atoms with Crippen LogP contribution < -0.4 is 5.32 Å². The van der Waals surface area contributed by atoms with Crippen LogP contribution in [-0.4, -0.2) is 7.05 Å². The van der Waals surface area contributed by atoms with Crippen LogP contribution in [0.25, 0.3) is 0 Å². The molecule has 0 radical (unpaired) electrons. The predicted octanol–water partition coefficient (Wildman–Crippen LogP) is 3.82. The SMILES string of the molecule is CCC(C)C(NC)c1csc(Br)c1. The second-order valence-corrected chi connectivity index (χ2v) is 5.63. The quantitative estimate of drug-likeness (QED) is 0.869. The molecule has 1 aromatic rings. The van der Waals surface area contributed by atoms with E-state index < -0.39 is 0 Å². The van der Waals surface area contributed by atoms with Crippen LogP contribution in [0.15, 0.2) is 15.2 Å². The number of thiophene rings is 1. The van der Waals surface area contributed by atoms with E-state index >= 15 is 0 Å². The highest BCUT2D eigenvalue weighted by Crippen LogP contribution is 2.30. The molecule has 0 saturated heterocycles. The van der Waals surface area contributed by atoms with E-state index in [0.29, 0.717) is 12.0 Å². The summed E-state index contributed by atoms with van der Waals surface area (Å²) >= 11 is 5.24. The lowest BCUT2D eigenvalue weighted by Gasteiger charge is -2.21. The molecule has 1 nitrogen and oxygen atoms in total. The molecular formula is C10H16BrNS. The second kappa shape index (κ2) is 5.13.